The Kier molecular flexibility index (Phi) is 3.74. The van der Waals surface area contributed by atoms with Crippen LogP contribution in [0.2, 0.25) is 0 Å². The van der Waals surface area contributed by atoms with Crippen LogP contribution in [0.3, 0.4) is 0 Å². The molecule has 3 heteroatoms. The van der Waals surface area contributed by atoms with Crippen LogP contribution in [0.4, 0.5) is 4.39 Å². The third kappa shape index (κ3) is 2.34. The van der Waals surface area contributed by atoms with Gasteiger partial charge in [-0.3, -0.25) is 4.79 Å². The zero-order chi connectivity index (χ0) is 11.5. The minimum Gasteiger partial charge on any atom is -0.299 e. The topological polar surface area (TPSA) is 17.1 Å². The van der Waals surface area contributed by atoms with Crippen LogP contribution in [0, 0.1) is 5.82 Å². The molecule has 1 nitrogen and oxygen atoms in total. The van der Waals surface area contributed by atoms with Crippen molar-refractivity contribution in [2.24, 2.45) is 0 Å². The Bertz CT molecular complexity index is 403. The van der Waals surface area contributed by atoms with Gasteiger partial charge in [0, 0.05) is 12.3 Å². The van der Waals surface area contributed by atoms with Gasteiger partial charge in [-0.15, -0.1) is 0 Å². The Morgan fingerprint density at radius 3 is 2.88 bits per heavy atom. The van der Waals surface area contributed by atoms with Crippen molar-refractivity contribution >= 4 is 21.7 Å². The Morgan fingerprint density at radius 1 is 1.25 bits per heavy atom. The van der Waals surface area contributed by atoms with Crippen molar-refractivity contribution < 1.29 is 9.18 Å². The maximum Gasteiger partial charge on any atom is 0.141 e. The molecule has 1 aliphatic rings. The van der Waals surface area contributed by atoms with Gasteiger partial charge in [-0.25, -0.2) is 4.39 Å². The van der Waals surface area contributed by atoms with E-state index in [-0.39, 0.29) is 17.5 Å². The number of Topliss-reactive ketones (excluding diaryl/α,β-unsaturated/α-hetero) is 1. The average molecular weight is 285 g/mol. The first kappa shape index (κ1) is 11.8. The van der Waals surface area contributed by atoms with Gasteiger partial charge < -0.3 is 0 Å². The summed E-state index contributed by atoms with van der Waals surface area (Å²) in [4.78, 5) is 11.9. The number of rotatable bonds is 1. The Balaban J connectivity index is 2.34. The number of halogens is 2. The van der Waals surface area contributed by atoms with Crippen LogP contribution in [-0.2, 0) is 4.79 Å². The molecule has 1 aromatic carbocycles. The molecule has 0 N–H and O–H groups in total. The quantitative estimate of drug-likeness (QED) is 0.706. The van der Waals surface area contributed by atoms with Gasteiger partial charge in [-0.1, -0.05) is 25.0 Å². The molecule has 0 radical (unpaired) electrons. The van der Waals surface area contributed by atoms with E-state index in [0.717, 1.165) is 25.7 Å². The van der Waals surface area contributed by atoms with E-state index < -0.39 is 0 Å². The normalized spacial score (nSPS) is 21.9. The minimum absolute atomic E-state index is 0.189. The van der Waals surface area contributed by atoms with Gasteiger partial charge in [-0.05, 0) is 40.4 Å². The molecule has 1 atom stereocenters. The molecule has 0 aliphatic heterocycles. The molecule has 1 aromatic rings. The van der Waals surface area contributed by atoms with E-state index in [2.05, 4.69) is 15.9 Å². The van der Waals surface area contributed by atoms with E-state index in [1.807, 2.05) is 0 Å². The molecular formula is C13H14BrFO. The summed E-state index contributed by atoms with van der Waals surface area (Å²) < 4.78 is 14.3. The standard InChI is InChI=1S/C13H14BrFO/c14-11-7-4-6-10(13(11)15)9-5-2-1-3-8-12(9)16/h4,6-7,9H,1-3,5,8H2. The molecule has 0 amide bonds. The molecule has 1 saturated carbocycles. The van der Waals surface area contributed by atoms with E-state index in [0.29, 0.717) is 16.5 Å². The molecule has 2 rings (SSSR count). The van der Waals surface area contributed by atoms with Crippen LogP contribution in [-0.4, -0.2) is 5.78 Å². The third-order valence-corrected chi connectivity index (χ3v) is 3.77. The van der Waals surface area contributed by atoms with Crippen molar-refractivity contribution in [2.75, 3.05) is 0 Å². The fraction of sp³-hybridized carbons (Fsp3) is 0.462. The maximum atomic E-state index is 13.9. The summed E-state index contributed by atoms with van der Waals surface area (Å²) in [6, 6.07) is 5.19. The van der Waals surface area contributed by atoms with Gasteiger partial charge in [0.1, 0.15) is 11.6 Å². The molecular weight excluding hydrogens is 271 g/mol. The zero-order valence-corrected chi connectivity index (χ0v) is 10.6. The van der Waals surface area contributed by atoms with Crippen molar-refractivity contribution in [3.63, 3.8) is 0 Å². The fourth-order valence-corrected chi connectivity index (χ4v) is 2.66. The predicted molar refractivity (Wildman–Crippen MR) is 64.9 cm³/mol. The van der Waals surface area contributed by atoms with Crippen LogP contribution < -0.4 is 0 Å². The predicted octanol–water partition coefficient (Wildman–Crippen LogP) is 4.21. The van der Waals surface area contributed by atoms with Crippen LogP contribution in [0.5, 0.6) is 0 Å². The first-order chi connectivity index (χ1) is 7.70. The lowest BCUT2D eigenvalue weighted by Gasteiger charge is -2.14. The number of carbonyl (C=O) groups is 1. The van der Waals surface area contributed by atoms with Crippen molar-refractivity contribution in [1.29, 1.82) is 0 Å². The molecule has 0 aromatic heterocycles. The van der Waals surface area contributed by atoms with Crippen LogP contribution in [0.1, 0.15) is 43.6 Å². The molecule has 0 heterocycles. The van der Waals surface area contributed by atoms with Crippen LogP contribution >= 0.6 is 15.9 Å². The maximum absolute atomic E-state index is 13.9. The zero-order valence-electron chi connectivity index (χ0n) is 9.01. The highest BCUT2D eigenvalue weighted by Gasteiger charge is 2.25. The lowest BCUT2D eigenvalue weighted by molar-refractivity contribution is -0.120. The Hall–Kier alpha value is -0.700. The third-order valence-electron chi connectivity index (χ3n) is 3.16. The summed E-state index contributed by atoms with van der Waals surface area (Å²) in [6.45, 7) is 0. The summed E-state index contributed by atoms with van der Waals surface area (Å²) in [5, 5.41) is 0. The lowest BCUT2D eigenvalue weighted by Crippen LogP contribution is -2.12. The molecule has 16 heavy (non-hydrogen) atoms. The SMILES string of the molecule is O=C1CCCCCC1c1cccc(Br)c1F. The van der Waals surface area contributed by atoms with Gasteiger partial charge >= 0.3 is 0 Å². The lowest BCUT2D eigenvalue weighted by atomic mass is 9.90. The van der Waals surface area contributed by atoms with Crippen LogP contribution in [0.25, 0.3) is 0 Å². The monoisotopic (exact) mass is 284 g/mol. The summed E-state index contributed by atoms with van der Waals surface area (Å²) >= 11 is 3.17. The van der Waals surface area contributed by atoms with Crippen LogP contribution in [0.15, 0.2) is 22.7 Å². The summed E-state index contributed by atoms with van der Waals surface area (Å²) in [7, 11) is 0. The van der Waals surface area contributed by atoms with Gasteiger partial charge in [0.2, 0.25) is 0 Å². The number of carbonyl (C=O) groups excluding carboxylic acids is 1. The van der Waals surface area contributed by atoms with E-state index in [4.69, 9.17) is 0 Å². The molecule has 1 aliphatic carbocycles. The van der Waals surface area contributed by atoms with Crippen molar-refractivity contribution in [1.82, 2.24) is 0 Å². The van der Waals surface area contributed by atoms with E-state index >= 15 is 0 Å². The van der Waals surface area contributed by atoms with Gasteiger partial charge in [0.25, 0.3) is 0 Å². The highest BCUT2D eigenvalue weighted by atomic mass is 79.9. The summed E-state index contributed by atoms with van der Waals surface area (Å²) in [6.07, 6.45) is 4.42. The second kappa shape index (κ2) is 5.09. The molecule has 1 fully saturated rings. The molecule has 1 unspecified atom stereocenters. The van der Waals surface area contributed by atoms with Crippen molar-refractivity contribution in [2.45, 2.75) is 38.0 Å². The minimum atomic E-state index is -0.275. The highest BCUT2D eigenvalue weighted by Crippen LogP contribution is 2.32. The highest BCUT2D eigenvalue weighted by molar-refractivity contribution is 9.10. The van der Waals surface area contributed by atoms with E-state index in [1.165, 1.54) is 0 Å². The second-order valence-electron chi connectivity index (χ2n) is 4.26. The molecule has 0 saturated heterocycles. The number of ketones is 1. The van der Waals surface area contributed by atoms with Crippen molar-refractivity contribution in [3.8, 4) is 0 Å². The summed E-state index contributed by atoms with van der Waals surface area (Å²) in [5.74, 6) is -0.322. The van der Waals surface area contributed by atoms with Gasteiger partial charge in [0.15, 0.2) is 0 Å². The van der Waals surface area contributed by atoms with E-state index in [1.54, 1.807) is 18.2 Å². The molecule has 86 valence electrons. The fourth-order valence-electron chi connectivity index (χ4n) is 2.28. The van der Waals surface area contributed by atoms with E-state index in [9.17, 15) is 9.18 Å². The first-order valence-electron chi connectivity index (χ1n) is 5.67. The molecule has 0 bridgehead atoms. The number of hydrogen-bond donors (Lipinski definition) is 0. The largest absolute Gasteiger partial charge is 0.299 e. The Labute approximate surface area is 103 Å². The average Bonchev–Trinajstić information content (AvgIpc) is 2.47. The second-order valence-corrected chi connectivity index (χ2v) is 5.12. The van der Waals surface area contributed by atoms with Crippen molar-refractivity contribution in [3.05, 3.63) is 34.1 Å². The van der Waals surface area contributed by atoms with Gasteiger partial charge in [-0.2, -0.15) is 0 Å². The Morgan fingerprint density at radius 2 is 2.06 bits per heavy atom. The van der Waals surface area contributed by atoms with Gasteiger partial charge in [0.05, 0.1) is 4.47 Å². The smallest absolute Gasteiger partial charge is 0.141 e. The number of benzene rings is 1. The first-order valence-corrected chi connectivity index (χ1v) is 6.46. The number of hydrogen-bond acceptors (Lipinski definition) is 1. The summed E-state index contributed by atoms with van der Waals surface area (Å²) in [5.41, 5.74) is 0.557. The molecule has 0 spiro atoms.